The van der Waals surface area contributed by atoms with Gasteiger partial charge in [-0.2, -0.15) is 13.2 Å². The first-order chi connectivity index (χ1) is 9.34. The summed E-state index contributed by atoms with van der Waals surface area (Å²) in [4.78, 5) is 2.06. The molecule has 1 atom stereocenters. The van der Waals surface area contributed by atoms with Crippen molar-refractivity contribution < 1.29 is 18.3 Å². The minimum absolute atomic E-state index is 0.0680. The van der Waals surface area contributed by atoms with Crippen LogP contribution in [0.1, 0.15) is 37.8 Å². The molecule has 0 spiro atoms. The van der Waals surface area contributed by atoms with Crippen molar-refractivity contribution in [2.75, 3.05) is 11.4 Å². The van der Waals surface area contributed by atoms with Gasteiger partial charge in [-0.3, -0.25) is 0 Å². The van der Waals surface area contributed by atoms with Crippen LogP contribution in [0.25, 0.3) is 0 Å². The summed E-state index contributed by atoms with van der Waals surface area (Å²) in [7, 11) is 0. The lowest BCUT2D eigenvalue weighted by Crippen LogP contribution is -2.33. The van der Waals surface area contributed by atoms with Gasteiger partial charge in [-0.1, -0.05) is 19.9 Å². The van der Waals surface area contributed by atoms with E-state index in [0.29, 0.717) is 11.6 Å². The quantitative estimate of drug-likeness (QED) is 0.913. The van der Waals surface area contributed by atoms with Crippen LogP contribution in [0.4, 0.5) is 18.9 Å². The van der Waals surface area contributed by atoms with Gasteiger partial charge < -0.3 is 10.0 Å². The highest BCUT2D eigenvalue weighted by molar-refractivity contribution is 5.53. The summed E-state index contributed by atoms with van der Waals surface area (Å²) in [6.07, 6.45) is -2.41. The zero-order chi connectivity index (χ0) is 14.9. The van der Waals surface area contributed by atoms with Crippen molar-refractivity contribution in [1.29, 1.82) is 0 Å². The fraction of sp³-hybridized carbons (Fsp3) is 0.600. The summed E-state index contributed by atoms with van der Waals surface area (Å²) in [6, 6.07) is 4.53. The zero-order valence-corrected chi connectivity index (χ0v) is 11.7. The molecule has 2 rings (SSSR count). The molecule has 1 aromatic rings. The van der Waals surface area contributed by atoms with E-state index in [1.54, 1.807) is 6.07 Å². The second kappa shape index (κ2) is 5.64. The van der Waals surface area contributed by atoms with Crippen LogP contribution < -0.4 is 4.90 Å². The number of hydrogen-bond acceptors (Lipinski definition) is 2. The SMILES string of the molecule is CC(C)C1CCCN1c1ccc(CO)c(C(F)(F)F)c1. The van der Waals surface area contributed by atoms with Gasteiger partial charge in [-0.05, 0) is 36.5 Å². The number of hydrogen-bond donors (Lipinski definition) is 1. The molecule has 1 unspecified atom stereocenters. The van der Waals surface area contributed by atoms with E-state index in [-0.39, 0.29) is 11.6 Å². The lowest BCUT2D eigenvalue weighted by Gasteiger charge is -2.30. The molecule has 0 saturated carbocycles. The third-order valence-electron chi connectivity index (χ3n) is 3.97. The standard InChI is InChI=1S/C15H20F3NO/c1-10(2)14-4-3-7-19(14)12-6-5-11(9-20)13(8-12)15(16,17)18/h5-6,8,10,14,20H,3-4,7,9H2,1-2H3. The Labute approximate surface area is 117 Å². The Kier molecular flexibility index (Phi) is 4.28. The molecule has 1 heterocycles. The number of aliphatic hydroxyl groups excluding tert-OH is 1. The largest absolute Gasteiger partial charge is 0.416 e. The summed E-state index contributed by atoms with van der Waals surface area (Å²) in [5.74, 6) is 0.407. The van der Waals surface area contributed by atoms with Crippen molar-refractivity contribution in [3.63, 3.8) is 0 Å². The van der Waals surface area contributed by atoms with Gasteiger partial charge in [0.05, 0.1) is 12.2 Å². The Morgan fingerprint density at radius 1 is 1.35 bits per heavy atom. The minimum Gasteiger partial charge on any atom is -0.392 e. The van der Waals surface area contributed by atoms with Gasteiger partial charge in [-0.25, -0.2) is 0 Å². The fourth-order valence-corrected chi connectivity index (χ4v) is 2.95. The molecule has 1 N–H and O–H groups in total. The van der Waals surface area contributed by atoms with E-state index in [1.807, 2.05) is 0 Å². The monoisotopic (exact) mass is 287 g/mol. The van der Waals surface area contributed by atoms with Crippen molar-refractivity contribution in [2.24, 2.45) is 5.92 Å². The fourth-order valence-electron chi connectivity index (χ4n) is 2.95. The second-order valence-electron chi connectivity index (χ2n) is 5.64. The maximum absolute atomic E-state index is 13.0. The molecule has 1 saturated heterocycles. The van der Waals surface area contributed by atoms with Gasteiger partial charge in [0.25, 0.3) is 0 Å². The first kappa shape index (κ1) is 15.2. The predicted octanol–water partition coefficient (Wildman–Crippen LogP) is 3.82. The van der Waals surface area contributed by atoms with Gasteiger partial charge in [0, 0.05) is 18.3 Å². The lowest BCUT2D eigenvalue weighted by atomic mass is 10.0. The van der Waals surface area contributed by atoms with Crippen molar-refractivity contribution in [2.45, 2.75) is 45.5 Å². The topological polar surface area (TPSA) is 23.5 Å². The second-order valence-corrected chi connectivity index (χ2v) is 5.64. The third kappa shape index (κ3) is 2.92. The van der Waals surface area contributed by atoms with Gasteiger partial charge >= 0.3 is 6.18 Å². The Hall–Kier alpha value is -1.23. The minimum atomic E-state index is -4.43. The summed E-state index contributed by atoms with van der Waals surface area (Å²) in [5, 5.41) is 9.06. The summed E-state index contributed by atoms with van der Waals surface area (Å²) in [6.45, 7) is 4.38. The molecule has 5 heteroatoms. The number of benzene rings is 1. The van der Waals surface area contributed by atoms with Crippen LogP contribution in [0.15, 0.2) is 18.2 Å². The van der Waals surface area contributed by atoms with Crippen LogP contribution in [0.5, 0.6) is 0 Å². The number of nitrogens with zero attached hydrogens (tertiary/aromatic N) is 1. The average Bonchev–Trinajstić information content (AvgIpc) is 2.86. The number of anilines is 1. The van der Waals surface area contributed by atoms with Gasteiger partial charge in [-0.15, -0.1) is 0 Å². The maximum Gasteiger partial charge on any atom is 0.416 e. The Bertz CT molecular complexity index is 471. The highest BCUT2D eigenvalue weighted by Gasteiger charge is 2.35. The highest BCUT2D eigenvalue weighted by atomic mass is 19.4. The molecule has 0 radical (unpaired) electrons. The first-order valence-electron chi connectivity index (χ1n) is 6.92. The van der Waals surface area contributed by atoms with E-state index < -0.39 is 18.3 Å². The zero-order valence-electron chi connectivity index (χ0n) is 11.7. The van der Waals surface area contributed by atoms with Crippen LogP contribution in [0.3, 0.4) is 0 Å². The number of aliphatic hydroxyl groups is 1. The third-order valence-corrected chi connectivity index (χ3v) is 3.97. The van der Waals surface area contributed by atoms with E-state index in [1.165, 1.54) is 12.1 Å². The van der Waals surface area contributed by atoms with Crippen LogP contribution in [-0.2, 0) is 12.8 Å². The van der Waals surface area contributed by atoms with Crippen LogP contribution in [0, 0.1) is 5.92 Å². The molecule has 1 aromatic carbocycles. The maximum atomic E-state index is 13.0. The van der Waals surface area contributed by atoms with E-state index >= 15 is 0 Å². The molecule has 20 heavy (non-hydrogen) atoms. The van der Waals surface area contributed by atoms with Gasteiger partial charge in [0.2, 0.25) is 0 Å². The molecular weight excluding hydrogens is 267 g/mol. The molecule has 112 valence electrons. The van der Waals surface area contributed by atoms with E-state index in [4.69, 9.17) is 5.11 Å². The number of halogens is 3. The predicted molar refractivity (Wildman–Crippen MR) is 72.6 cm³/mol. The van der Waals surface area contributed by atoms with E-state index in [0.717, 1.165) is 19.4 Å². The number of rotatable bonds is 3. The normalized spacial score (nSPS) is 19.9. The Balaban J connectivity index is 2.38. The number of alkyl halides is 3. The molecular formula is C15H20F3NO. The first-order valence-corrected chi connectivity index (χ1v) is 6.92. The van der Waals surface area contributed by atoms with Crippen LogP contribution >= 0.6 is 0 Å². The Morgan fingerprint density at radius 2 is 2.05 bits per heavy atom. The summed E-state index contributed by atoms with van der Waals surface area (Å²) in [5.41, 5.74) is -0.195. The molecule has 1 aliphatic rings. The highest BCUT2D eigenvalue weighted by Crippen LogP contribution is 2.37. The summed E-state index contributed by atoms with van der Waals surface area (Å²) < 4.78 is 39.1. The summed E-state index contributed by atoms with van der Waals surface area (Å²) >= 11 is 0. The van der Waals surface area contributed by atoms with Crippen LogP contribution in [-0.4, -0.2) is 17.7 Å². The lowest BCUT2D eigenvalue weighted by molar-refractivity contribution is -0.138. The molecule has 0 aromatic heterocycles. The Morgan fingerprint density at radius 3 is 2.60 bits per heavy atom. The molecule has 2 nitrogen and oxygen atoms in total. The van der Waals surface area contributed by atoms with Gasteiger partial charge in [0.1, 0.15) is 0 Å². The van der Waals surface area contributed by atoms with E-state index in [2.05, 4.69) is 18.7 Å². The van der Waals surface area contributed by atoms with Crippen molar-refractivity contribution in [3.05, 3.63) is 29.3 Å². The van der Waals surface area contributed by atoms with Crippen LogP contribution in [0.2, 0.25) is 0 Å². The smallest absolute Gasteiger partial charge is 0.392 e. The molecule has 1 aliphatic heterocycles. The molecule has 1 fully saturated rings. The average molecular weight is 287 g/mol. The van der Waals surface area contributed by atoms with Crippen molar-refractivity contribution >= 4 is 5.69 Å². The molecule has 0 aliphatic carbocycles. The molecule has 0 bridgehead atoms. The van der Waals surface area contributed by atoms with Crippen molar-refractivity contribution in [1.82, 2.24) is 0 Å². The van der Waals surface area contributed by atoms with Gasteiger partial charge in [0.15, 0.2) is 0 Å². The van der Waals surface area contributed by atoms with Crippen molar-refractivity contribution in [3.8, 4) is 0 Å². The van der Waals surface area contributed by atoms with E-state index in [9.17, 15) is 13.2 Å². The molecule has 0 amide bonds.